The number of carbonyl (C=O) groups is 2. The Morgan fingerprint density at radius 2 is 2.09 bits per heavy atom. The van der Waals surface area contributed by atoms with Gasteiger partial charge in [-0.1, -0.05) is 0 Å². The van der Waals surface area contributed by atoms with Gasteiger partial charge in [-0.3, -0.25) is 4.79 Å². The number of methoxy groups -OCH3 is 1. The summed E-state index contributed by atoms with van der Waals surface area (Å²) in [7, 11) is 1.10. The number of phenolic OH excluding ortho intramolecular Hbond substituents is 1. The minimum absolute atomic E-state index is 0.00214. The van der Waals surface area contributed by atoms with E-state index in [4.69, 9.17) is 9.47 Å². The van der Waals surface area contributed by atoms with Crippen LogP contribution in [0.1, 0.15) is 24.0 Å². The molecule has 3 rings (SSSR count). The number of Topliss-reactive ketones (excluding diaryl/α,β-unsaturated/α-hetero) is 1. The van der Waals surface area contributed by atoms with Gasteiger partial charge in [-0.15, -0.1) is 0 Å². The fourth-order valence-electron chi connectivity index (χ4n) is 3.18. The van der Waals surface area contributed by atoms with Crippen molar-refractivity contribution in [1.82, 2.24) is 0 Å². The second-order valence-corrected chi connectivity index (χ2v) is 5.69. The summed E-state index contributed by atoms with van der Waals surface area (Å²) in [5, 5.41) is 31.0. The number of aliphatic hydroxyl groups is 2. The molecule has 1 aromatic rings. The second kappa shape index (κ2) is 4.99. The van der Waals surface area contributed by atoms with Gasteiger partial charge in [-0.2, -0.15) is 0 Å². The highest BCUT2D eigenvalue weighted by Gasteiger charge is 2.60. The molecule has 2 atom stereocenters. The largest absolute Gasteiger partial charge is 0.507 e. The summed E-state index contributed by atoms with van der Waals surface area (Å²) in [6, 6.07) is 2.90. The summed E-state index contributed by atoms with van der Waals surface area (Å²) < 4.78 is 10.4. The number of ether oxygens (including phenoxy) is 2. The van der Waals surface area contributed by atoms with E-state index in [9.17, 15) is 24.9 Å². The first-order chi connectivity index (χ1) is 10.8. The summed E-state index contributed by atoms with van der Waals surface area (Å²) in [5.41, 5.74) is -1.96. The summed E-state index contributed by atoms with van der Waals surface area (Å²) in [6.45, 7) is 1.69. The molecule has 1 heterocycles. The van der Waals surface area contributed by atoms with Gasteiger partial charge in [0, 0.05) is 6.42 Å². The Balaban J connectivity index is 2.36. The Bertz CT molecular complexity index is 749. The first kappa shape index (κ1) is 15.4. The molecule has 7 nitrogen and oxygen atoms in total. The predicted octanol–water partition coefficient (Wildman–Crippen LogP) is 0.998. The van der Waals surface area contributed by atoms with Gasteiger partial charge in [-0.05, 0) is 31.0 Å². The zero-order chi connectivity index (χ0) is 16.9. The van der Waals surface area contributed by atoms with Crippen molar-refractivity contribution in [2.24, 2.45) is 0 Å². The third kappa shape index (κ3) is 1.93. The van der Waals surface area contributed by atoms with Gasteiger partial charge < -0.3 is 24.8 Å². The maximum Gasteiger partial charge on any atom is 0.358 e. The summed E-state index contributed by atoms with van der Waals surface area (Å²) in [5.74, 6) is -2.37. The molecule has 1 aliphatic heterocycles. The highest BCUT2D eigenvalue weighted by atomic mass is 16.6. The number of carbonyl (C=O) groups excluding carboxylic acids is 2. The van der Waals surface area contributed by atoms with E-state index in [0.29, 0.717) is 5.56 Å². The van der Waals surface area contributed by atoms with E-state index in [2.05, 4.69) is 0 Å². The van der Waals surface area contributed by atoms with E-state index in [0.717, 1.165) is 7.11 Å². The second-order valence-electron chi connectivity index (χ2n) is 5.69. The molecule has 1 aliphatic carbocycles. The number of esters is 1. The Labute approximate surface area is 131 Å². The standard InChI is InChI=1S/C16H16O7/c1-7-5-9(18)12-10(6-7)23-16(15(21)22-2)11(19)4-3-8(17)13(16)14(12)20/h5-6,11,18-20H,3-4H2,1-2H3/t11-,16-/m0/s1. The number of aromatic hydroxyl groups is 1. The van der Waals surface area contributed by atoms with Gasteiger partial charge in [0.15, 0.2) is 5.78 Å². The Morgan fingerprint density at radius 3 is 2.74 bits per heavy atom. The van der Waals surface area contributed by atoms with Gasteiger partial charge in [0.1, 0.15) is 28.9 Å². The number of fused-ring (bicyclic) bond motifs is 2. The highest BCUT2D eigenvalue weighted by Crippen LogP contribution is 2.49. The highest BCUT2D eigenvalue weighted by molar-refractivity contribution is 6.12. The van der Waals surface area contributed by atoms with Crippen LogP contribution in [0, 0.1) is 6.92 Å². The molecule has 0 spiro atoms. The van der Waals surface area contributed by atoms with Crippen LogP contribution in [-0.4, -0.2) is 45.9 Å². The average molecular weight is 320 g/mol. The van der Waals surface area contributed by atoms with E-state index >= 15 is 0 Å². The molecule has 0 aromatic heterocycles. The normalized spacial score (nSPS) is 26.2. The van der Waals surface area contributed by atoms with E-state index in [1.54, 1.807) is 6.92 Å². The third-order valence-electron chi connectivity index (χ3n) is 4.22. The Hall–Kier alpha value is -2.54. The van der Waals surface area contributed by atoms with E-state index in [1.807, 2.05) is 0 Å². The van der Waals surface area contributed by atoms with Crippen LogP contribution in [0.3, 0.4) is 0 Å². The zero-order valence-corrected chi connectivity index (χ0v) is 12.6. The van der Waals surface area contributed by atoms with Crippen LogP contribution < -0.4 is 4.74 Å². The topological polar surface area (TPSA) is 113 Å². The molecule has 3 N–H and O–H groups in total. The number of rotatable bonds is 1. The molecule has 2 aliphatic rings. The lowest BCUT2D eigenvalue weighted by Gasteiger charge is -2.42. The van der Waals surface area contributed by atoms with Crippen molar-refractivity contribution in [3.8, 4) is 11.5 Å². The molecule has 0 amide bonds. The molecule has 1 aromatic carbocycles. The van der Waals surface area contributed by atoms with Crippen molar-refractivity contribution in [2.75, 3.05) is 7.11 Å². The van der Waals surface area contributed by atoms with Crippen LogP contribution >= 0.6 is 0 Å². The zero-order valence-electron chi connectivity index (χ0n) is 12.6. The molecule has 0 saturated heterocycles. The van der Waals surface area contributed by atoms with Crippen LogP contribution in [0.2, 0.25) is 0 Å². The molecule has 0 radical (unpaired) electrons. The molecule has 0 unspecified atom stereocenters. The van der Waals surface area contributed by atoms with Crippen LogP contribution in [0.25, 0.3) is 5.76 Å². The van der Waals surface area contributed by atoms with E-state index in [1.165, 1.54) is 12.1 Å². The number of benzene rings is 1. The smallest absolute Gasteiger partial charge is 0.358 e. The first-order valence-corrected chi connectivity index (χ1v) is 7.09. The fourth-order valence-corrected chi connectivity index (χ4v) is 3.18. The number of phenols is 1. The van der Waals surface area contributed by atoms with Crippen LogP contribution in [-0.2, 0) is 14.3 Å². The molecule has 23 heavy (non-hydrogen) atoms. The molecular weight excluding hydrogens is 304 g/mol. The van der Waals surface area contributed by atoms with Gasteiger partial charge in [0.2, 0.25) is 0 Å². The SMILES string of the molecule is COC(=O)[C@@]12Oc3cc(C)cc(O)c3C(O)=C1C(=O)CC[C@@H]2O. The summed E-state index contributed by atoms with van der Waals surface area (Å²) >= 11 is 0. The van der Waals surface area contributed by atoms with Crippen LogP contribution in [0.4, 0.5) is 0 Å². The third-order valence-corrected chi connectivity index (χ3v) is 4.22. The van der Waals surface area contributed by atoms with Gasteiger partial charge in [-0.25, -0.2) is 4.79 Å². The lowest BCUT2D eigenvalue weighted by Crippen LogP contribution is -2.61. The number of ketones is 1. The predicted molar refractivity (Wildman–Crippen MR) is 78.0 cm³/mol. The quantitative estimate of drug-likeness (QED) is 0.661. The molecule has 122 valence electrons. The minimum Gasteiger partial charge on any atom is -0.507 e. The van der Waals surface area contributed by atoms with Crippen LogP contribution in [0.5, 0.6) is 11.5 Å². The number of aryl methyl sites for hydroxylation is 1. The number of hydrogen-bond donors (Lipinski definition) is 3. The number of hydrogen-bond acceptors (Lipinski definition) is 7. The summed E-state index contributed by atoms with van der Waals surface area (Å²) in [4.78, 5) is 24.6. The van der Waals surface area contributed by atoms with Crippen LogP contribution in [0.15, 0.2) is 17.7 Å². The summed E-state index contributed by atoms with van der Waals surface area (Å²) in [6.07, 6.45) is -1.41. The molecule has 0 bridgehead atoms. The fraction of sp³-hybridized carbons (Fsp3) is 0.375. The van der Waals surface area contributed by atoms with Crippen molar-refractivity contribution in [3.63, 3.8) is 0 Å². The number of aliphatic hydroxyl groups excluding tert-OH is 2. The average Bonchev–Trinajstić information content (AvgIpc) is 2.49. The van der Waals surface area contributed by atoms with Crippen molar-refractivity contribution in [3.05, 3.63) is 28.8 Å². The molecular formula is C16H16O7. The molecule has 1 fully saturated rings. The Morgan fingerprint density at radius 1 is 1.39 bits per heavy atom. The first-order valence-electron chi connectivity index (χ1n) is 7.09. The van der Waals surface area contributed by atoms with Crippen molar-refractivity contribution >= 4 is 17.5 Å². The van der Waals surface area contributed by atoms with E-state index < -0.39 is 29.2 Å². The lowest BCUT2D eigenvalue weighted by atomic mass is 9.74. The van der Waals surface area contributed by atoms with Gasteiger partial charge in [0.05, 0.1) is 12.7 Å². The van der Waals surface area contributed by atoms with E-state index in [-0.39, 0.29) is 35.5 Å². The Kier molecular flexibility index (Phi) is 3.33. The lowest BCUT2D eigenvalue weighted by molar-refractivity contribution is -0.169. The van der Waals surface area contributed by atoms with Crippen molar-refractivity contribution in [1.29, 1.82) is 0 Å². The van der Waals surface area contributed by atoms with Crippen molar-refractivity contribution < 1.29 is 34.4 Å². The molecule has 7 heteroatoms. The maximum absolute atomic E-state index is 12.3. The monoisotopic (exact) mass is 320 g/mol. The maximum atomic E-state index is 12.3. The van der Waals surface area contributed by atoms with Crippen molar-refractivity contribution in [2.45, 2.75) is 31.5 Å². The van der Waals surface area contributed by atoms with Gasteiger partial charge in [0.25, 0.3) is 5.60 Å². The molecule has 1 saturated carbocycles. The van der Waals surface area contributed by atoms with Gasteiger partial charge >= 0.3 is 5.97 Å². The minimum atomic E-state index is -2.12.